The third-order valence-corrected chi connectivity index (χ3v) is 4.09. The van der Waals surface area contributed by atoms with Crippen molar-refractivity contribution in [2.75, 3.05) is 5.32 Å². The second-order valence-electron chi connectivity index (χ2n) is 5.62. The van der Waals surface area contributed by atoms with E-state index in [1.54, 1.807) is 13.0 Å². The minimum atomic E-state index is -0.577. The lowest BCUT2D eigenvalue weighted by atomic mass is 9.76. The molecule has 1 aliphatic carbocycles. The number of anilines is 1. The van der Waals surface area contributed by atoms with Crippen molar-refractivity contribution in [1.29, 1.82) is 0 Å². The first-order valence-electron chi connectivity index (χ1n) is 7.01. The summed E-state index contributed by atoms with van der Waals surface area (Å²) in [6, 6.07) is 9.21. The van der Waals surface area contributed by atoms with Crippen LogP contribution >= 0.6 is 0 Å². The molecule has 1 saturated carbocycles. The Morgan fingerprint density at radius 3 is 2.52 bits per heavy atom. The molecule has 0 saturated heterocycles. The van der Waals surface area contributed by atoms with Gasteiger partial charge in [0, 0.05) is 6.04 Å². The number of nitrogens with one attached hydrogen (secondary N) is 1. The first-order chi connectivity index (χ1) is 10.0. The molecule has 0 aliphatic heterocycles. The minimum Gasteiger partial charge on any atom is -0.378 e. The van der Waals surface area contributed by atoms with Crippen molar-refractivity contribution < 1.29 is 13.2 Å². The Kier molecular flexibility index (Phi) is 3.62. The molecule has 0 unspecified atom stereocenters. The van der Waals surface area contributed by atoms with Crippen molar-refractivity contribution in [3.63, 3.8) is 0 Å². The standard InChI is InChI=1S/C17H16F3N/c1-10-5-6-15(19)17(16(10)20)21-14-8-12(9-14)11-3-2-4-13(18)7-11/h2-7,12,14,21H,8-9H2,1H3. The summed E-state index contributed by atoms with van der Waals surface area (Å²) in [4.78, 5) is 0. The summed E-state index contributed by atoms with van der Waals surface area (Å²) in [5.41, 5.74) is 1.30. The van der Waals surface area contributed by atoms with Gasteiger partial charge in [0.2, 0.25) is 0 Å². The topological polar surface area (TPSA) is 12.0 Å². The molecule has 0 aromatic heterocycles. The van der Waals surface area contributed by atoms with Crippen LogP contribution < -0.4 is 5.32 Å². The van der Waals surface area contributed by atoms with Gasteiger partial charge in [0.05, 0.1) is 0 Å². The second kappa shape index (κ2) is 5.43. The van der Waals surface area contributed by atoms with Gasteiger partial charge < -0.3 is 5.32 Å². The Labute approximate surface area is 121 Å². The fourth-order valence-electron chi connectivity index (χ4n) is 2.76. The third kappa shape index (κ3) is 2.75. The maximum absolute atomic E-state index is 13.9. The fourth-order valence-corrected chi connectivity index (χ4v) is 2.76. The monoisotopic (exact) mass is 291 g/mol. The molecule has 0 atom stereocenters. The van der Waals surface area contributed by atoms with E-state index < -0.39 is 11.6 Å². The van der Waals surface area contributed by atoms with Crippen LogP contribution in [-0.4, -0.2) is 6.04 Å². The average Bonchev–Trinajstić information content (AvgIpc) is 2.41. The zero-order chi connectivity index (χ0) is 15.0. The number of aryl methyl sites for hydroxylation is 1. The molecule has 1 aliphatic rings. The van der Waals surface area contributed by atoms with Gasteiger partial charge in [-0.2, -0.15) is 0 Å². The van der Waals surface area contributed by atoms with Crippen molar-refractivity contribution in [3.8, 4) is 0 Å². The molecule has 110 valence electrons. The molecule has 2 aromatic rings. The molecule has 0 radical (unpaired) electrons. The lowest BCUT2D eigenvalue weighted by Gasteiger charge is -2.37. The van der Waals surface area contributed by atoms with Crippen molar-refractivity contribution in [1.82, 2.24) is 0 Å². The molecule has 0 heterocycles. The Morgan fingerprint density at radius 1 is 1.05 bits per heavy atom. The molecule has 0 spiro atoms. The van der Waals surface area contributed by atoms with Gasteiger partial charge in [0.15, 0.2) is 5.82 Å². The van der Waals surface area contributed by atoms with Gasteiger partial charge in [0.25, 0.3) is 0 Å². The number of benzene rings is 2. The number of hydrogen-bond donors (Lipinski definition) is 1. The highest BCUT2D eigenvalue weighted by Gasteiger charge is 2.31. The minimum absolute atomic E-state index is 0.0177. The first kappa shape index (κ1) is 14.0. The summed E-state index contributed by atoms with van der Waals surface area (Å²) < 4.78 is 40.7. The van der Waals surface area contributed by atoms with Gasteiger partial charge in [-0.1, -0.05) is 18.2 Å². The maximum atomic E-state index is 13.9. The average molecular weight is 291 g/mol. The number of halogens is 3. The maximum Gasteiger partial charge on any atom is 0.152 e. The van der Waals surface area contributed by atoms with Crippen LogP contribution in [0.1, 0.15) is 29.9 Å². The van der Waals surface area contributed by atoms with Gasteiger partial charge in [0.1, 0.15) is 17.3 Å². The molecular weight excluding hydrogens is 275 g/mol. The lowest BCUT2D eigenvalue weighted by molar-refractivity contribution is 0.370. The Morgan fingerprint density at radius 2 is 1.81 bits per heavy atom. The van der Waals surface area contributed by atoms with Gasteiger partial charge in [-0.25, -0.2) is 13.2 Å². The Bertz CT molecular complexity index is 663. The summed E-state index contributed by atoms with van der Waals surface area (Å²) in [6.45, 7) is 1.61. The first-order valence-corrected chi connectivity index (χ1v) is 7.01. The summed E-state index contributed by atoms with van der Waals surface area (Å²) >= 11 is 0. The van der Waals surface area contributed by atoms with E-state index in [9.17, 15) is 13.2 Å². The molecule has 1 nitrogen and oxygen atoms in total. The van der Waals surface area contributed by atoms with E-state index in [2.05, 4.69) is 5.32 Å². The van der Waals surface area contributed by atoms with Crippen molar-refractivity contribution in [3.05, 3.63) is 65.0 Å². The van der Waals surface area contributed by atoms with Crippen LogP contribution in [0.4, 0.5) is 18.9 Å². The zero-order valence-electron chi connectivity index (χ0n) is 11.7. The van der Waals surface area contributed by atoms with Crippen LogP contribution in [-0.2, 0) is 0 Å². The quantitative estimate of drug-likeness (QED) is 0.859. The Balaban J connectivity index is 1.67. The van der Waals surface area contributed by atoms with Crippen molar-refractivity contribution in [2.45, 2.75) is 31.7 Å². The normalized spacial score (nSPS) is 21.0. The molecular formula is C17H16F3N. The van der Waals surface area contributed by atoms with Crippen molar-refractivity contribution in [2.24, 2.45) is 0 Å². The second-order valence-corrected chi connectivity index (χ2v) is 5.62. The molecule has 3 rings (SSSR count). The fraction of sp³-hybridized carbons (Fsp3) is 0.294. The molecule has 4 heteroatoms. The molecule has 0 amide bonds. The lowest BCUT2D eigenvalue weighted by Crippen LogP contribution is -2.34. The highest BCUT2D eigenvalue weighted by molar-refractivity contribution is 5.50. The van der Waals surface area contributed by atoms with Gasteiger partial charge >= 0.3 is 0 Å². The molecule has 2 aromatic carbocycles. The highest BCUT2D eigenvalue weighted by Crippen LogP contribution is 2.39. The molecule has 1 N–H and O–H groups in total. The smallest absolute Gasteiger partial charge is 0.152 e. The van der Waals surface area contributed by atoms with Gasteiger partial charge in [-0.3, -0.25) is 0 Å². The zero-order valence-corrected chi connectivity index (χ0v) is 11.7. The summed E-state index contributed by atoms with van der Waals surface area (Å²) in [7, 11) is 0. The Hall–Kier alpha value is -1.97. The van der Waals surface area contributed by atoms with E-state index >= 15 is 0 Å². The summed E-state index contributed by atoms with van der Waals surface area (Å²) in [6.07, 6.45) is 1.49. The molecule has 1 fully saturated rings. The predicted octanol–water partition coefficient (Wildman–Crippen LogP) is 4.77. The number of rotatable bonds is 3. The number of hydrogen-bond acceptors (Lipinski definition) is 1. The van der Waals surface area contributed by atoms with Crippen LogP contribution in [0.2, 0.25) is 0 Å². The van der Waals surface area contributed by atoms with E-state index in [0.717, 1.165) is 18.4 Å². The van der Waals surface area contributed by atoms with E-state index in [4.69, 9.17) is 0 Å². The van der Waals surface area contributed by atoms with Crippen LogP contribution in [0.25, 0.3) is 0 Å². The van der Waals surface area contributed by atoms with Crippen LogP contribution in [0.15, 0.2) is 36.4 Å². The SMILES string of the molecule is Cc1ccc(F)c(NC2CC(c3cccc(F)c3)C2)c1F. The van der Waals surface area contributed by atoms with Gasteiger partial charge in [-0.15, -0.1) is 0 Å². The molecule has 21 heavy (non-hydrogen) atoms. The highest BCUT2D eigenvalue weighted by atomic mass is 19.1. The van der Waals surface area contributed by atoms with Crippen LogP contribution in [0.3, 0.4) is 0 Å². The van der Waals surface area contributed by atoms with Crippen molar-refractivity contribution >= 4 is 5.69 Å². The van der Waals surface area contributed by atoms with Crippen LogP contribution in [0.5, 0.6) is 0 Å². The van der Waals surface area contributed by atoms with E-state index in [1.807, 2.05) is 6.07 Å². The van der Waals surface area contributed by atoms with E-state index in [0.29, 0.717) is 5.56 Å². The third-order valence-electron chi connectivity index (χ3n) is 4.09. The van der Waals surface area contributed by atoms with E-state index in [-0.39, 0.29) is 23.5 Å². The summed E-state index contributed by atoms with van der Waals surface area (Å²) in [5, 5.41) is 2.93. The van der Waals surface area contributed by atoms with Gasteiger partial charge in [-0.05, 0) is 55.0 Å². The predicted molar refractivity (Wildman–Crippen MR) is 76.9 cm³/mol. The van der Waals surface area contributed by atoms with E-state index in [1.165, 1.54) is 24.3 Å². The summed E-state index contributed by atoms with van der Waals surface area (Å²) in [5.74, 6) is -1.12. The van der Waals surface area contributed by atoms with Crippen LogP contribution in [0, 0.1) is 24.4 Å². The largest absolute Gasteiger partial charge is 0.378 e. The molecule has 0 bridgehead atoms.